The SMILES string of the molecule is Cc1ccc(C(=O)NNc2ncnc(NCCC3=CCCCC3)c2N)cc1. The van der Waals surface area contributed by atoms with Gasteiger partial charge in [0.05, 0.1) is 0 Å². The van der Waals surface area contributed by atoms with Crippen molar-refractivity contribution in [1.29, 1.82) is 0 Å². The van der Waals surface area contributed by atoms with E-state index >= 15 is 0 Å². The number of hydrazine groups is 1. The minimum atomic E-state index is -0.258. The maximum Gasteiger partial charge on any atom is 0.269 e. The van der Waals surface area contributed by atoms with Crippen molar-refractivity contribution in [3.63, 3.8) is 0 Å². The van der Waals surface area contributed by atoms with E-state index < -0.39 is 0 Å². The molecule has 1 aromatic heterocycles. The first-order valence-electron chi connectivity index (χ1n) is 9.29. The zero-order valence-electron chi connectivity index (χ0n) is 15.6. The molecule has 27 heavy (non-hydrogen) atoms. The Hall–Kier alpha value is -3.09. The Bertz CT molecular complexity index is 816. The zero-order valence-corrected chi connectivity index (χ0v) is 15.6. The summed E-state index contributed by atoms with van der Waals surface area (Å²) < 4.78 is 0. The zero-order chi connectivity index (χ0) is 19.1. The molecule has 0 fully saturated rings. The number of nitrogens with one attached hydrogen (secondary N) is 3. The average Bonchev–Trinajstić information content (AvgIpc) is 2.69. The minimum Gasteiger partial charge on any atom is -0.393 e. The first-order chi connectivity index (χ1) is 13.1. The second-order valence-corrected chi connectivity index (χ2v) is 6.71. The van der Waals surface area contributed by atoms with Gasteiger partial charge in [-0.25, -0.2) is 9.97 Å². The fraction of sp³-hybridized carbons (Fsp3) is 0.350. The summed E-state index contributed by atoms with van der Waals surface area (Å²) in [5, 5.41) is 3.26. The molecule has 2 aromatic rings. The maximum absolute atomic E-state index is 12.2. The number of anilines is 3. The van der Waals surface area contributed by atoms with Gasteiger partial charge in [-0.15, -0.1) is 0 Å². The largest absolute Gasteiger partial charge is 0.393 e. The number of benzene rings is 1. The Morgan fingerprint density at radius 2 is 1.93 bits per heavy atom. The number of nitrogen functional groups attached to an aromatic ring is 1. The van der Waals surface area contributed by atoms with E-state index in [9.17, 15) is 4.79 Å². The number of rotatable bonds is 7. The van der Waals surface area contributed by atoms with Gasteiger partial charge in [0.25, 0.3) is 5.91 Å². The molecule has 1 amide bonds. The topological polar surface area (TPSA) is 105 Å². The van der Waals surface area contributed by atoms with E-state index in [1.54, 1.807) is 12.1 Å². The van der Waals surface area contributed by atoms with Crippen LogP contribution < -0.4 is 21.9 Å². The summed E-state index contributed by atoms with van der Waals surface area (Å²) in [6.45, 7) is 2.74. The molecule has 5 N–H and O–H groups in total. The second-order valence-electron chi connectivity index (χ2n) is 6.71. The predicted octanol–water partition coefficient (Wildman–Crippen LogP) is 3.43. The molecule has 0 aliphatic heterocycles. The number of hydrogen-bond donors (Lipinski definition) is 4. The first-order valence-corrected chi connectivity index (χ1v) is 9.29. The number of carbonyl (C=O) groups excluding carboxylic acids is 1. The molecule has 0 spiro atoms. The molecule has 0 saturated carbocycles. The van der Waals surface area contributed by atoms with Gasteiger partial charge < -0.3 is 11.1 Å². The molecule has 0 radical (unpaired) electrons. The monoisotopic (exact) mass is 366 g/mol. The fourth-order valence-corrected chi connectivity index (χ4v) is 3.00. The summed E-state index contributed by atoms with van der Waals surface area (Å²) in [5.74, 6) is 0.671. The number of hydrogen-bond acceptors (Lipinski definition) is 6. The van der Waals surface area contributed by atoms with Crippen LogP contribution >= 0.6 is 0 Å². The molecule has 7 nitrogen and oxygen atoms in total. The van der Waals surface area contributed by atoms with E-state index in [1.165, 1.54) is 37.6 Å². The number of carbonyl (C=O) groups is 1. The van der Waals surface area contributed by atoms with Gasteiger partial charge in [0, 0.05) is 12.1 Å². The smallest absolute Gasteiger partial charge is 0.269 e. The molecule has 1 heterocycles. The van der Waals surface area contributed by atoms with E-state index in [-0.39, 0.29) is 5.91 Å². The Morgan fingerprint density at radius 1 is 1.15 bits per heavy atom. The van der Waals surface area contributed by atoms with Crippen LogP contribution in [0.2, 0.25) is 0 Å². The van der Waals surface area contributed by atoms with Crippen molar-refractivity contribution < 1.29 is 4.79 Å². The van der Waals surface area contributed by atoms with Gasteiger partial charge in [0.15, 0.2) is 11.6 Å². The van der Waals surface area contributed by atoms with Gasteiger partial charge in [0.2, 0.25) is 0 Å². The van der Waals surface area contributed by atoms with Crippen molar-refractivity contribution in [3.8, 4) is 0 Å². The number of aromatic nitrogens is 2. The number of aryl methyl sites for hydroxylation is 1. The third kappa shape index (κ3) is 5.20. The van der Waals surface area contributed by atoms with Crippen LogP contribution in [0.4, 0.5) is 17.3 Å². The fourth-order valence-electron chi connectivity index (χ4n) is 3.00. The Balaban J connectivity index is 1.55. The van der Waals surface area contributed by atoms with Gasteiger partial charge in [-0.1, -0.05) is 29.3 Å². The Labute approximate surface area is 159 Å². The molecule has 0 bridgehead atoms. The number of nitrogens with two attached hydrogens (primary N) is 1. The van der Waals surface area contributed by atoms with Crippen molar-refractivity contribution in [2.24, 2.45) is 0 Å². The molecule has 142 valence electrons. The molecule has 0 unspecified atom stereocenters. The lowest BCUT2D eigenvalue weighted by atomic mass is 9.97. The third-order valence-corrected chi connectivity index (χ3v) is 4.62. The third-order valence-electron chi connectivity index (χ3n) is 4.62. The van der Waals surface area contributed by atoms with Gasteiger partial charge >= 0.3 is 0 Å². The van der Waals surface area contributed by atoms with Crippen LogP contribution in [-0.2, 0) is 0 Å². The lowest BCUT2D eigenvalue weighted by Crippen LogP contribution is -2.30. The molecule has 0 atom stereocenters. The van der Waals surface area contributed by atoms with Crippen molar-refractivity contribution in [2.75, 3.05) is 23.0 Å². The highest BCUT2D eigenvalue weighted by Gasteiger charge is 2.10. The summed E-state index contributed by atoms with van der Waals surface area (Å²) in [6, 6.07) is 7.31. The van der Waals surface area contributed by atoms with E-state index in [2.05, 4.69) is 32.2 Å². The lowest BCUT2D eigenvalue weighted by Gasteiger charge is -2.15. The molecule has 1 aliphatic carbocycles. The molecule has 1 aromatic carbocycles. The average molecular weight is 366 g/mol. The Kier molecular flexibility index (Phi) is 6.25. The van der Waals surface area contributed by atoms with Gasteiger partial charge in [-0.3, -0.25) is 15.6 Å². The summed E-state index contributed by atoms with van der Waals surface area (Å²) in [7, 11) is 0. The maximum atomic E-state index is 12.2. The molecular formula is C20H26N6O. The van der Waals surface area contributed by atoms with Gasteiger partial charge in [-0.2, -0.15) is 0 Å². The first kappa shape index (κ1) is 18.7. The quantitative estimate of drug-likeness (QED) is 0.442. The molecular weight excluding hydrogens is 340 g/mol. The van der Waals surface area contributed by atoms with E-state index in [4.69, 9.17) is 5.73 Å². The summed E-state index contributed by atoms with van der Waals surface area (Å²) >= 11 is 0. The molecule has 7 heteroatoms. The molecule has 3 rings (SSSR count). The standard InChI is InChI=1S/C20H26N6O/c1-14-7-9-16(10-8-14)20(27)26-25-19-17(21)18(23-13-24-19)22-12-11-15-5-3-2-4-6-15/h5,7-10,13H,2-4,6,11-12,21H2,1H3,(H,26,27)(H2,22,23,24,25). The van der Waals surface area contributed by atoms with Crippen molar-refractivity contribution in [3.05, 3.63) is 53.4 Å². The van der Waals surface area contributed by atoms with Crippen LogP contribution in [-0.4, -0.2) is 22.4 Å². The van der Waals surface area contributed by atoms with Gasteiger partial charge in [-0.05, 0) is 51.2 Å². The Morgan fingerprint density at radius 3 is 2.67 bits per heavy atom. The van der Waals surface area contributed by atoms with Crippen molar-refractivity contribution in [1.82, 2.24) is 15.4 Å². The van der Waals surface area contributed by atoms with Crippen LogP contribution in [0.15, 0.2) is 42.2 Å². The molecule has 1 aliphatic rings. The normalized spacial score (nSPS) is 13.6. The summed E-state index contributed by atoms with van der Waals surface area (Å²) in [4.78, 5) is 20.5. The van der Waals surface area contributed by atoms with Crippen molar-refractivity contribution in [2.45, 2.75) is 39.0 Å². The van der Waals surface area contributed by atoms with Crippen LogP contribution in [0.3, 0.4) is 0 Å². The number of allylic oxidation sites excluding steroid dienone is 1. The van der Waals surface area contributed by atoms with Crippen LogP contribution in [0, 0.1) is 6.92 Å². The second kappa shape index (κ2) is 9.02. The van der Waals surface area contributed by atoms with E-state index in [0.717, 1.165) is 18.5 Å². The lowest BCUT2D eigenvalue weighted by molar-refractivity contribution is 0.0962. The van der Waals surface area contributed by atoms with Crippen LogP contribution in [0.1, 0.15) is 48.0 Å². The minimum absolute atomic E-state index is 0.258. The predicted molar refractivity (Wildman–Crippen MR) is 108 cm³/mol. The van der Waals surface area contributed by atoms with Crippen molar-refractivity contribution >= 4 is 23.2 Å². The highest BCUT2D eigenvalue weighted by atomic mass is 16.2. The highest BCUT2D eigenvalue weighted by molar-refractivity contribution is 5.95. The summed E-state index contributed by atoms with van der Waals surface area (Å²) in [5.41, 5.74) is 15.0. The van der Waals surface area contributed by atoms with Crippen LogP contribution in [0.5, 0.6) is 0 Å². The van der Waals surface area contributed by atoms with E-state index in [0.29, 0.717) is 22.9 Å². The number of nitrogens with zero attached hydrogens (tertiary/aromatic N) is 2. The van der Waals surface area contributed by atoms with E-state index in [1.807, 2.05) is 19.1 Å². The summed E-state index contributed by atoms with van der Waals surface area (Å²) in [6.07, 6.45) is 9.66. The number of amides is 1. The highest BCUT2D eigenvalue weighted by Crippen LogP contribution is 2.23. The molecule has 0 saturated heterocycles. The van der Waals surface area contributed by atoms with Gasteiger partial charge in [0.1, 0.15) is 12.0 Å². The van der Waals surface area contributed by atoms with Crippen LogP contribution in [0.25, 0.3) is 0 Å².